The molecule has 14 heteroatoms. The van der Waals surface area contributed by atoms with Gasteiger partial charge in [-0.15, -0.1) is 0 Å². The zero-order valence-corrected chi connectivity index (χ0v) is 56.2. The average Bonchev–Trinajstić information content (AvgIpc) is 1.72. The summed E-state index contributed by atoms with van der Waals surface area (Å²) in [5, 5.41) is 23.8. The first-order valence-electron chi connectivity index (χ1n) is 34.6. The van der Waals surface area contributed by atoms with Crippen molar-refractivity contribution in [3.63, 3.8) is 0 Å². The summed E-state index contributed by atoms with van der Waals surface area (Å²) in [5.74, 6) is 4.23. The molecule has 0 aliphatic rings. The fraction of sp³-hybridized carbons (Fsp3) is 0. The molecule has 21 rings (SSSR count). The van der Waals surface area contributed by atoms with Crippen LogP contribution in [0.4, 0.5) is 0 Å². The molecule has 21 aromatic rings. The van der Waals surface area contributed by atoms with Gasteiger partial charge in [0.15, 0.2) is 40.8 Å². The van der Waals surface area contributed by atoms with Crippen LogP contribution in [0.25, 0.3) is 184 Å². The van der Waals surface area contributed by atoms with Crippen LogP contribution in [0.5, 0.6) is 0 Å². The molecule has 9 aromatic heterocycles. The summed E-state index contributed by atoms with van der Waals surface area (Å²) in [7, 11) is 0. The first kappa shape index (κ1) is 61.5. The van der Waals surface area contributed by atoms with Gasteiger partial charge < -0.3 is 0 Å². The van der Waals surface area contributed by atoms with E-state index in [0.717, 1.165) is 110 Å². The van der Waals surface area contributed by atoms with Gasteiger partial charge in [0, 0.05) is 49.4 Å². The third-order valence-electron chi connectivity index (χ3n) is 18.9. The predicted octanol–water partition coefficient (Wildman–Crippen LogP) is 21.1. The van der Waals surface area contributed by atoms with E-state index in [2.05, 4.69) is 194 Å². The number of nitrogens with zero attached hydrogens (tertiary/aromatic N) is 14. The summed E-state index contributed by atoms with van der Waals surface area (Å²) >= 11 is 0. The second-order valence-corrected chi connectivity index (χ2v) is 25.6. The molecule has 492 valence electrons. The highest BCUT2D eigenvalue weighted by molar-refractivity contribution is 5.95. The lowest BCUT2D eigenvalue weighted by Gasteiger charge is -2.09. The lowest BCUT2D eigenvalue weighted by Crippen LogP contribution is -2.01. The number of rotatable bonds is 9. The van der Waals surface area contributed by atoms with Crippen molar-refractivity contribution in [2.75, 3.05) is 0 Å². The number of pyridine rings is 3. The zero-order chi connectivity index (χ0) is 69.6. The Kier molecular flexibility index (Phi) is 15.5. The van der Waals surface area contributed by atoms with E-state index < -0.39 is 0 Å². The summed E-state index contributed by atoms with van der Waals surface area (Å²) in [6, 6.07) is 120. The van der Waals surface area contributed by atoms with Crippen LogP contribution in [0.2, 0.25) is 0 Å². The molecule has 0 unspecified atom stereocenters. The molecule has 105 heavy (non-hydrogen) atoms. The quantitative estimate of drug-likeness (QED) is 0.136. The predicted molar refractivity (Wildman–Crippen MR) is 422 cm³/mol. The van der Waals surface area contributed by atoms with Gasteiger partial charge in [-0.1, -0.05) is 279 Å². The highest BCUT2D eigenvalue weighted by Crippen LogP contribution is 2.35. The Morgan fingerprint density at radius 2 is 0.486 bits per heavy atom. The third kappa shape index (κ3) is 12.0. The summed E-state index contributed by atoms with van der Waals surface area (Å²) in [6.07, 6.45) is 0. The second kappa shape index (κ2) is 26.5. The topological polar surface area (TPSA) is 155 Å². The van der Waals surface area contributed by atoms with Crippen LogP contribution >= 0.6 is 0 Å². The van der Waals surface area contributed by atoms with Crippen LogP contribution in [-0.4, -0.2) is 68.7 Å². The van der Waals surface area contributed by atoms with Crippen molar-refractivity contribution in [3.05, 3.63) is 352 Å². The van der Waals surface area contributed by atoms with Gasteiger partial charge in [0.05, 0.1) is 44.3 Å². The number of fused-ring (bicyclic) bond motifs is 12. The zero-order valence-electron chi connectivity index (χ0n) is 56.2. The Labute approximate surface area is 601 Å². The first-order valence-corrected chi connectivity index (χ1v) is 34.6. The Hall–Kier alpha value is -14.6. The fourth-order valence-electron chi connectivity index (χ4n) is 13.6. The van der Waals surface area contributed by atoms with Crippen LogP contribution < -0.4 is 0 Å². The smallest absolute Gasteiger partial charge is 0.184 e. The molecule has 0 saturated heterocycles. The number of benzene rings is 12. The van der Waals surface area contributed by atoms with Gasteiger partial charge in [-0.3, -0.25) is 0 Å². The normalized spacial score (nSPS) is 11.4. The van der Waals surface area contributed by atoms with E-state index >= 15 is 0 Å². The van der Waals surface area contributed by atoms with Gasteiger partial charge in [0.2, 0.25) is 0 Å². The van der Waals surface area contributed by atoms with Gasteiger partial charge in [0.25, 0.3) is 0 Å². The third-order valence-corrected chi connectivity index (χ3v) is 18.9. The van der Waals surface area contributed by atoms with E-state index in [0.29, 0.717) is 52.2 Å². The molecular weight excluding hydrogens is 1290 g/mol. The van der Waals surface area contributed by atoms with Gasteiger partial charge in [0.1, 0.15) is 17.1 Å². The maximum Gasteiger partial charge on any atom is 0.184 e. The minimum atomic E-state index is 0.545. The fourth-order valence-corrected chi connectivity index (χ4v) is 13.6. The standard InChI is InChI=1S/C34H21N5.C31H20N4.C26H17N5/c1-3-10-25-19-27(15-13-22(25)7-1)32-35-33(28-16-14-23-8-2-4-11-26(23)20-28)37-34(36-32)30-21-29-18-17-24-9-5-6-12-31(24)39(29)38-30;1-2-8-21(9-3-1)22-14-16-24(17-15-22)30-26-11-5-6-12-27(26)32-31(33-30)28-20-25-19-18-23-10-4-7-13-29(23)35(25)34-28;1-3-10-19(11-4-1)24-27-25(20-12-5-2-6-13-20)29-26(28-24)22-17-21-16-15-18-9-7-8-14-23(18)31(21)30-22/h1-21H;1-20H;1-17H. The molecule has 0 spiro atoms. The molecule has 0 aliphatic carbocycles. The van der Waals surface area contributed by atoms with Crippen LogP contribution in [0.1, 0.15) is 0 Å². The summed E-state index contributed by atoms with van der Waals surface area (Å²) < 4.78 is 5.87. The molecule has 0 radical (unpaired) electrons. The lowest BCUT2D eigenvalue weighted by atomic mass is 10.0. The highest BCUT2D eigenvalue weighted by Gasteiger charge is 2.20. The Balaban J connectivity index is 0.000000109. The van der Waals surface area contributed by atoms with Crippen molar-refractivity contribution in [2.24, 2.45) is 0 Å². The molecule has 14 nitrogen and oxygen atoms in total. The minimum absolute atomic E-state index is 0.545. The lowest BCUT2D eigenvalue weighted by molar-refractivity contribution is 0.984. The monoisotopic (exact) mass is 1350 g/mol. The minimum Gasteiger partial charge on any atom is -0.232 e. The van der Waals surface area contributed by atoms with Crippen LogP contribution in [0, 0.1) is 0 Å². The largest absolute Gasteiger partial charge is 0.232 e. The SMILES string of the molecule is c1ccc(-c2ccc(-c3nc(-c4cc5ccc6ccccc6n5n4)nc4ccccc34)cc2)cc1.c1ccc(-c2nc(-c3ccccc3)nc(-c3cc4ccc5ccccc5n4n3)n2)cc1.c1ccc2cc(-c3nc(-c4ccc5ccccc5c4)nc(-c4cc5ccc6ccccc6n5n4)n3)ccc2c1. The van der Waals surface area contributed by atoms with E-state index in [1.54, 1.807) is 0 Å². The van der Waals surface area contributed by atoms with Gasteiger partial charge >= 0.3 is 0 Å². The Bertz CT molecular complexity index is 6700. The molecule has 0 N–H and O–H groups in total. The summed E-state index contributed by atoms with van der Waals surface area (Å²) in [5.41, 5.74) is 17.3. The maximum absolute atomic E-state index is 5.03. The second-order valence-electron chi connectivity index (χ2n) is 25.6. The number of aromatic nitrogens is 14. The highest BCUT2D eigenvalue weighted by atomic mass is 15.3. The molecule has 0 saturated carbocycles. The van der Waals surface area contributed by atoms with Crippen LogP contribution in [0.3, 0.4) is 0 Å². The van der Waals surface area contributed by atoms with Crippen LogP contribution in [-0.2, 0) is 0 Å². The van der Waals surface area contributed by atoms with Crippen molar-refractivity contribution in [2.45, 2.75) is 0 Å². The van der Waals surface area contributed by atoms with Crippen molar-refractivity contribution >= 4 is 81.7 Å². The average molecular weight is 1350 g/mol. The van der Waals surface area contributed by atoms with Crippen LogP contribution in [0.15, 0.2) is 352 Å². The number of hydrogen-bond acceptors (Lipinski definition) is 11. The maximum atomic E-state index is 5.03. The van der Waals surface area contributed by atoms with Crippen molar-refractivity contribution in [1.82, 2.24) is 68.7 Å². The molecule has 0 aliphatic heterocycles. The molecule has 0 atom stereocenters. The van der Waals surface area contributed by atoms with Gasteiger partial charge in [-0.2, -0.15) is 15.3 Å². The van der Waals surface area contributed by atoms with Gasteiger partial charge in [-0.05, 0) is 105 Å². The van der Waals surface area contributed by atoms with Crippen molar-refractivity contribution in [3.8, 4) is 102 Å². The van der Waals surface area contributed by atoms with Crippen molar-refractivity contribution < 1.29 is 0 Å². The summed E-state index contributed by atoms with van der Waals surface area (Å²) in [6.45, 7) is 0. The Morgan fingerprint density at radius 3 is 0.924 bits per heavy atom. The van der Waals surface area contributed by atoms with E-state index in [4.69, 9.17) is 55.2 Å². The molecule has 9 heterocycles. The van der Waals surface area contributed by atoms with E-state index in [1.807, 2.05) is 171 Å². The van der Waals surface area contributed by atoms with Gasteiger partial charge in [-0.25, -0.2) is 53.4 Å². The first-order chi connectivity index (χ1) is 52.0. The Morgan fingerprint density at radius 1 is 0.181 bits per heavy atom. The van der Waals surface area contributed by atoms with E-state index in [9.17, 15) is 0 Å². The van der Waals surface area contributed by atoms with E-state index in [-0.39, 0.29) is 0 Å². The molecule has 0 bridgehead atoms. The molecule has 12 aromatic carbocycles. The number of hydrogen-bond donors (Lipinski definition) is 0. The molecular formula is C91H58N14. The molecule has 0 fully saturated rings. The number of para-hydroxylation sites is 4. The van der Waals surface area contributed by atoms with E-state index in [1.165, 1.54) is 21.9 Å². The molecule has 0 amide bonds. The van der Waals surface area contributed by atoms with Crippen molar-refractivity contribution in [1.29, 1.82) is 0 Å². The summed E-state index contributed by atoms with van der Waals surface area (Å²) in [4.78, 5) is 39.1.